The maximum absolute atomic E-state index is 16.1. The first kappa shape index (κ1) is 41.8. The second-order valence-electron chi connectivity index (χ2n) is 17.9. The van der Waals surface area contributed by atoms with Crippen molar-refractivity contribution in [2.45, 2.75) is 76.9 Å². The number of amides is 4. The van der Waals surface area contributed by atoms with Crippen LogP contribution >= 0.6 is 24.2 Å². The zero-order chi connectivity index (χ0) is 42.8. The first-order valence-corrected chi connectivity index (χ1v) is 21.4. The summed E-state index contributed by atoms with van der Waals surface area (Å²) < 4.78 is 22.5. The number of benzene rings is 2. The molecule has 1 aromatic heterocycles. The largest absolute Gasteiger partial charge is 0.489 e. The molecule has 13 nitrogen and oxygen atoms in total. The normalized spacial score (nSPS) is 25.5. The van der Waals surface area contributed by atoms with Crippen molar-refractivity contribution >= 4 is 59.4 Å². The van der Waals surface area contributed by atoms with Crippen molar-refractivity contribution < 1.29 is 28.3 Å². The van der Waals surface area contributed by atoms with Gasteiger partial charge in [0.1, 0.15) is 41.0 Å². The number of carbonyl (C=O) groups is 4. The number of pyridine rings is 1. The molecular formula is C44H50ClFN8O5S. The number of likely N-dealkylation sites (tertiary alicyclic amines) is 1. The van der Waals surface area contributed by atoms with E-state index in [0.29, 0.717) is 41.6 Å². The lowest BCUT2D eigenvalue weighted by molar-refractivity contribution is -0.216. The Morgan fingerprint density at radius 1 is 0.983 bits per heavy atom. The summed E-state index contributed by atoms with van der Waals surface area (Å²) in [6, 6.07) is 12.1. The second kappa shape index (κ2) is 15.8. The van der Waals surface area contributed by atoms with Gasteiger partial charge >= 0.3 is 0 Å². The quantitative estimate of drug-likeness (QED) is 0.203. The summed E-state index contributed by atoms with van der Waals surface area (Å²) in [6.45, 7) is 13.4. The van der Waals surface area contributed by atoms with Crippen LogP contribution in [0.25, 0.3) is 0 Å². The molecule has 1 saturated carbocycles. The monoisotopic (exact) mass is 856 g/mol. The summed E-state index contributed by atoms with van der Waals surface area (Å²) in [5.41, 5.74) is 5.63. The average Bonchev–Trinajstić information content (AvgIpc) is 3.47. The Kier molecular flexibility index (Phi) is 11.0. The van der Waals surface area contributed by atoms with E-state index in [2.05, 4.69) is 19.7 Å². The predicted molar refractivity (Wildman–Crippen MR) is 227 cm³/mol. The van der Waals surface area contributed by atoms with Gasteiger partial charge in [-0.05, 0) is 61.6 Å². The van der Waals surface area contributed by atoms with Crippen molar-refractivity contribution in [3.63, 3.8) is 0 Å². The number of fused-ring (bicyclic) bond motifs is 1. The molecule has 0 spiro atoms. The fraction of sp³-hybridized carbons (Fsp3) is 0.500. The molecule has 1 aliphatic carbocycles. The molecule has 3 saturated heterocycles. The van der Waals surface area contributed by atoms with Crippen LogP contribution in [0.2, 0.25) is 5.02 Å². The highest BCUT2D eigenvalue weighted by atomic mass is 35.5. The van der Waals surface area contributed by atoms with E-state index in [-0.39, 0.29) is 34.9 Å². The molecule has 4 aliphatic heterocycles. The fourth-order valence-electron chi connectivity index (χ4n) is 10.7. The number of hydrogen-bond acceptors (Lipinski definition) is 11. The van der Waals surface area contributed by atoms with Crippen LogP contribution in [-0.2, 0) is 9.59 Å². The summed E-state index contributed by atoms with van der Waals surface area (Å²) in [6.07, 6.45) is 3.29. The van der Waals surface area contributed by atoms with E-state index in [1.807, 2.05) is 39.8 Å². The van der Waals surface area contributed by atoms with Gasteiger partial charge in [-0.3, -0.25) is 29.0 Å². The minimum absolute atomic E-state index is 0.0387. The number of piperidine rings is 2. The first-order valence-electron chi connectivity index (χ1n) is 20.6. The highest BCUT2D eigenvalue weighted by Gasteiger charge is 2.68. The van der Waals surface area contributed by atoms with Gasteiger partial charge in [-0.25, -0.2) is 9.37 Å². The van der Waals surface area contributed by atoms with Crippen LogP contribution in [0.3, 0.4) is 0 Å². The van der Waals surface area contributed by atoms with E-state index in [4.69, 9.17) is 34.7 Å². The van der Waals surface area contributed by atoms with Crippen LogP contribution in [-0.4, -0.2) is 107 Å². The Labute approximate surface area is 360 Å². The predicted octanol–water partition coefficient (Wildman–Crippen LogP) is 5.67. The van der Waals surface area contributed by atoms with Crippen LogP contribution in [0, 0.1) is 33.9 Å². The number of ether oxygens (including phenoxy) is 1. The van der Waals surface area contributed by atoms with Gasteiger partial charge in [0.05, 0.1) is 27.8 Å². The third-order valence-electron chi connectivity index (χ3n) is 13.4. The van der Waals surface area contributed by atoms with Gasteiger partial charge in [-0.2, -0.15) is 5.26 Å². The third kappa shape index (κ3) is 7.24. The van der Waals surface area contributed by atoms with E-state index in [1.165, 1.54) is 22.1 Å². The number of piperazine rings is 1. The Bertz CT molecular complexity index is 2250. The number of anilines is 2. The Balaban J connectivity index is 0.902. The zero-order valence-electron chi connectivity index (χ0n) is 34.2. The van der Waals surface area contributed by atoms with Gasteiger partial charge < -0.3 is 25.2 Å². The number of nitrogens with zero attached hydrogens (tertiary/aromatic N) is 7. The minimum Gasteiger partial charge on any atom is -0.489 e. The molecule has 8 rings (SSSR count). The molecule has 16 heteroatoms. The number of halogens is 2. The Morgan fingerprint density at radius 2 is 1.68 bits per heavy atom. The standard InChI is InChI=1S/C44H50ClFN8O5S/c1-43(2)41(44(3,4)42(43)59-29-7-5-26(22-47)31(45)21-29)54-35(55)10-8-33(39(54)58)53-38(57)30-19-28(20-32(46)36(30)40(53)60)51-17-15-50(16-18-51)24-25-11-13-52(14-12-25)34-9-6-27(23-49-34)37(48)56/h5-7,9,19-21,23,25,33,40-42,60H,8,10-18,24H2,1-4H3,(H2,48,56)/t33-,40-,41?,42?/m1/s1. The topological polar surface area (TPSA) is 156 Å². The fourth-order valence-corrected chi connectivity index (χ4v) is 11.5. The van der Waals surface area contributed by atoms with Crippen molar-refractivity contribution in [1.82, 2.24) is 19.7 Å². The van der Waals surface area contributed by atoms with E-state index < -0.39 is 57.9 Å². The van der Waals surface area contributed by atoms with Gasteiger partial charge in [0.2, 0.25) is 11.8 Å². The van der Waals surface area contributed by atoms with Crippen LogP contribution in [0.1, 0.15) is 90.6 Å². The molecule has 316 valence electrons. The van der Waals surface area contributed by atoms with E-state index in [9.17, 15) is 24.4 Å². The third-order valence-corrected chi connectivity index (χ3v) is 14.2. The smallest absolute Gasteiger partial charge is 0.256 e. The molecule has 60 heavy (non-hydrogen) atoms. The zero-order valence-corrected chi connectivity index (χ0v) is 35.9. The summed E-state index contributed by atoms with van der Waals surface area (Å²) in [5, 5.41) is 8.56. The van der Waals surface area contributed by atoms with Gasteiger partial charge in [0, 0.05) is 86.6 Å². The number of carbonyl (C=O) groups excluding carboxylic acids is 4. The van der Waals surface area contributed by atoms with Crippen LogP contribution in [0.15, 0.2) is 48.7 Å². The molecule has 4 fully saturated rings. The number of hydrogen-bond donors (Lipinski definition) is 2. The first-order chi connectivity index (χ1) is 28.5. The van der Waals surface area contributed by atoms with Crippen molar-refractivity contribution in [1.29, 1.82) is 5.26 Å². The Morgan fingerprint density at radius 3 is 2.30 bits per heavy atom. The van der Waals surface area contributed by atoms with E-state index in [0.717, 1.165) is 51.4 Å². The van der Waals surface area contributed by atoms with E-state index in [1.54, 1.807) is 30.3 Å². The molecule has 3 aromatic rings. The highest BCUT2D eigenvalue weighted by molar-refractivity contribution is 7.80. The molecule has 5 heterocycles. The van der Waals surface area contributed by atoms with Crippen LogP contribution < -0.4 is 20.3 Å². The van der Waals surface area contributed by atoms with Gasteiger partial charge in [0.25, 0.3) is 11.8 Å². The van der Waals surface area contributed by atoms with Gasteiger partial charge in [0.15, 0.2) is 0 Å². The van der Waals surface area contributed by atoms with Crippen LogP contribution in [0.4, 0.5) is 15.9 Å². The summed E-state index contributed by atoms with van der Waals surface area (Å²) in [5.74, 6) is -0.504. The Hall–Kier alpha value is -4.91. The van der Waals surface area contributed by atoms with E-state index >= 15 is 4.39 Å². The molecule has 2 aromatic carbocycles. The minimum atomic E-state index is -1.01. The molecule has 0 unspecified atom stereocenters. The molecule has 2 atom stereocenters. The number of imide groups is 1. The number of primary amides is 1. The SMILES string of the molecule is CC1(C)C(Oc2ccc(C#N)c(Cl)c2)C(C)(C)C1N1C(=O)CC[C@@H](N2C(=O)c3cc(N4CCN(CC5CCN(c6ccc(C(N)=O)cn6)CC5)CC4)cc(F)c3[C@H]2S)C1=O. The maximum atomic E-state index is 16.1. The molecule has 0 bridgehead atoms. The van der Waals surface area contributed by atoms with Crippen molar-refractivity contribution in [3.8, 4) is 11.8 Å². The molecular weight excluding hydrogens is 807 g/mol. The summed E-state index contributed by atoms with van der Waals surface area (Å²) in [7, 11) is 0. The summed E-state index contributed by atoms with van der Waals surface area (Å²) >= 11 is 11.0. The summed E-state index contributed by atoms with van der Waals surface area (Å²) in [4.78, 5) is 67.7. The number of nitriles is 1. The maximum Gasteiger partial charge on any atom is 0.256 e. The average molecular weight is 857 g/mol. The number of nitrogens with two attached hydrogens (primary N) is 1. The molecule has 4 amide bonds. The lowest BCUT2D eigenvalue weighted by atomic mass is 9.48. The lowest BCUT2D eigenvalue weighted by Crippen LogP contribution is -2.77. The molecule has 5 aliphatic rings. The van der Waals surface area contributed by atoms with Crippen molar-refractivity contribution in [2.24, 2.45) is 22.5 Å². The number of aromatic nitrogens is 1. The van der Waals surface area contributed by atoms with Gasteiger partial charge in [-0.15, -0.1) is 12.6 Å². The molecule has 2 N–H and O–H groups in total. The lowest BCUT2D eigenvalue weighted by Gasteiger charge is -2.66. The van der Waals surface area contributed by atoms with Crippen molar-refractivity contribution in [3.05, 3.63) is 81.8 Å². The van der Waals surface area contributed by atoms with Crippen LogP contribution in [0.5, 0.6) is 5.75 Å². The number of rotatable bonds is 9. The molecule has 0 radical (unpaired) electrons. The number of thiol groups is 1. The highest BCUT2D eigenvalue weighted by Crippen LogP contribution is 2.59. The van der Waals surface area contributed by atoms with Crippen molar-refractivity contribution in [2.75, 3.05) is 55.6 Å². The second-order valence-corrected chi connectivity index (χ2v) is 18.8. The van der Waals surface area contributed by atoms with Gasteiger partial charge in [-0.1, -0.05) is 39.3 Å².